The number of hydrogen-bond acceptors (Lipinski definition) is 2. The molecule has 0 heterocycles. The van der Waals surface area contributed by atoms with Crippen LogP contribution in [0.4, 0.5) is 0 Å². The van der Waals surface area contributed by atoms with Gasteiger partial charge in [0.05, 0.1) is 0 Å². The standard InChI is InChI=1S/C17H29NS/c1-5-12-18-16(11-10-14(2)3)13-19-17-9-7-6-8-15(17)4/h6-9,14,16,18H,5,10-13H2,1-4H3. The maximum absolute atomic E-state index is 3.69. The van der Waals surface area contributed by atoms with Crippen molar-refractivity contribution >= 4 is 11.8 Å². The molecule has 0 aliphatic heterocycles. The maximum atomic E-state index is 3.69. The highest BCUT2D eigenvalue weighted by Gasteiger charge is 2.10. The van der Waals surface area contributed by atoms with Crippen molar-refractivity contribution in [3.05, 3.63) is 29.8 Å². The highest BCUT2D eigenvalue weighted by atomic mass is 32.2. The minimum atomic E-state index is 0.645. The highest BCUT2D eigenvalue weighted by molar-refractivity contribution is 7.99. The van der Waals surface area contributed by atoms with Gasteiger partial charge in [-0.3, -0.25) is 0 Å². The second-order valence-electron chi connectivity index (χ2n) is 5.70. The topological polar surface area (TPSA) is 12.0 Å². The van der Waals surface area contributed by atoms with E-state index in [4.69, 9.17) is 0 Å². The first-order chi connectivity index (χ1) is 9.13. The van der Waals surface area contributed by atoms with E-state index < -0.39 is 0 Å². The molecule has 1 aromatic carbocycles. The van der Waals surface area contributed by atoms with Crippen LogP contribution in [0.3, 0.4) is 0 Å². The number of rotatable bonds is 9. The van der Waals surface area contributed by atoms with Gasteiger partial charge in [-0.1, -0.05) is 39.0 Å². The zero-order chi connectivity index (χ0) is 14.1. The fraction of sp³-hybridized carbons (Fsp3) is 0.647. The summed E-state index contributed by atoms with van der Waals surface area (Å²) in [5.74, 6) is 1.98. The Hall–Kier alpha value is -0.470. The number of aryl methyl sites for hydroxylation is 1. The first-order valence-corrected chi connectivity index (χ1v) is 8.53. The second-order valence-corrected chi connectivity index (χ2v) is 6.76. The van der Waals surface area contributed by atoms with E-state index in [1.165, 1.54) is 35.5 Å². The molecule has 108 valence electrons. The van der Waals surface area contributed by atoms with Crippen molar-refractivity contribution in [1.82, 2.24) is 5.32 Å². The molecule has 0 fully saturated rings. The number of nitrogens with one attached hydrogen (secondary N) is 1. The van der Waals surface area contributed by atoms with Crippen LogP contribution in [0.15, 0.2) is 29.2 Å². The second kappa shape index (κ2) is 9.44. The average Bonchev–Trinajstić information content (AvgIpc) is 2.39. The lowest BCUT2D eigenvalue weighted by Crippen LogP contribution is -2.32. The maximum Gasteiger partial charge on any atom is 0.0161 e. The van der Waals surface area contributed by atoms with Gasteiger partial charge in [-0.25, -0.2) is 0 Å². The molecule has 0 radical (unpaired) electrons. The third kappa shape index (κ3) is 7.03. The predicted molar refractivity (Wildman–Crippen MR) is 88.1 cm³/mol. The summed E-state index contributed by atoms with van der Waals surface area (Å²) in [4.78, 5) is 1.43. The summed E-state index contributed by atoms with van der Waals surface area (Å²) >= 11 is 1.99. The fourth-order valence-corrected chi connectivity index (χ4v) is 3.17. The summed E-state index contributed by atoms with van der Waals surface area (Å²) < 4.78 is 0. The Labute approximate surface area is 123 Å². The molecule has 0 bridgehead atoms. The largest absolute Gasteiger partial charge is 0.313 e. The molecule has 1 unspecified atom stereocenters. The molecule has 1 N–H and O–H groups in total. The van der Waals surface area contributed by atoms with Gasteiger partial charge in [0.2, 0.25) is 0 Å². The number of benzene rings is 1. The van der Waals surface area contributed by atoms with E-state index in [-0.39, 0.29) is 0 Å². The molecule has 0 spiro atoms. The van der Waals surface area contributed by atoms with E-state index in [1.807, 2.05) is 11.8 Å². The van der Waals surface area contributed by atoms with Gasteiger partial charge in [0.1, 0.15) is 0 Å². The van der Waals surface area contributed by atoms with Crippen LogP contribution in [-0.2, 0) is 0 Å². The van der Waals surface area contributed by atoms with Gasteiger partial charge in [0.25, 0.3) is 0 Å². The zero-order valence-corrected chi connectivity index (χ0v) is 13.7. The molecule has 1 nitrogen and oxygen atoms in total. The summed E-state index contributed by atoms with van der Waals surface area (Å²) in [6.07, 6.45) is 3.82. The first-order valence-electron chi connectivity index (χ1n) is 7.55. The van der Waals surface area contributed by atoms with E-state index >= 15 is 0 Å². The normalized spacial score (nSPS) is 12.9. The van der Waals surface area contributed by atoms with Crippen LogP contribution in [0.5, 0.6) is 0 Å². The smallest absolute Gasteiger partial charge is 0.0161 e. The Morgan fingerprint density at radius 3 is 2.53 bits per heavy atom. The van der Waals surface area contributed by atoms with E-state index in [1.54, 1.807) is 0 Å². The minimum Gasteiger partial charge on any atom is -0.313 e. The SMILES string of the molecule is CCCNC(CCC(C)C)CSc1ccccc1C. The van der Waals surface area contributed by atoms with E-state index in [2.05, 4.69) is 57.3 Å². The third-order valence-electron chi connectivity index (χ3n) is 3.31. The number of hydrogen-bond donors (Lipinski definition) is 1. The first kappa shape index (κ1) is 16.6. The fourth-order valence-electron chi connectivity index (χ4n) is 2.04. The van der Waals surface area contributed by atoms with Crippen molar-refractivity contribution in [3.8, 4) is 0 Å². The van der Waals surface area contributed by atoms with Crippen molar-refractivity contribution in [2.75, 3.05) is 12.3 Å². The van der Waals surface area contributed by atoms with E-state index in [9.17, 15) is 0 Å². The quantitative estimate of drug-likeness (QED) is 0.646. The van der Waals surface area contributed by atoms with Gasteiger partial charge >= 0.3 is 0 Å². The van der Waals surface area contributed by atoms with Gasteiger partial charge in [-0.15, -0.1) is 11.8 Å². The summed E-state index contributed by atoms with van der Waals surface area (Å²) in [7, 11) is 0. The highest BCUT2D eigenvalue weighted by Crippen LogP contribution is 2.23. The Bertz CT molecular complexity index is 349. The molecule has 2 heteroatoms. The Kier molecular flexibility index (Phi) is 8.24. The molecule has 0 saturated carbocycles. The van der Waals surface area contributed by atoms with Crippen LogP contribution in [0.2, 0.25) is 0 Å². The van der Waals surface area contributed by atoms with Gasteiger partial charge < -0.3 is 5.32 Å². The van der Waals surface area contributed by atoms with Crippen molar-refractivity contribution in [3.63, 3.8) is 0 Å². The molecular formula is C17H29NS. The monoisotopic (exact) mass is 279 g/mol. The summed E-state index contributed by atoms with van der Waals surface area (Å²) in [6, 6.07) is 9.33. The van der Waals surface area contributed by atoms with Crippen LogP contribution < -0.4 is 5.32 Å². The van der Waals surface area contributed by atoms with Crippen LogP contribution in [0.1, 0.15) is 45.6 Å². The van der Waals surface area contributed by atoms with Crippen molar-refractivity contribution in [2.45, 2.75) is 57.9 Å². The molecule has 0 amide bonds. The molecule has 1 atom stereocenters. The molecule has 0 aliphatic rings. The summed E-state index contributed by atoms with van der Waals surface area (Å²) in [5.41, 5.74) is 1.39. The van der Waals surface area contributed by atoms with Crippen LogP contribution >= 0.6 is 11.8 Å². The van der Waals surface area contributed by atoms with E-state index in [0.29, 0.717) is 6.04 Å². The Morgan fingerprint density at radius 2 is 1.89 bits per heavy atom. The van der Waals surface area contributed by atoms with Crippen molar-refractivity contribution in [2.24, 2.45) is 5.92 Å². The molecule has 1 aromatic rings. The molecule has 0 aliphatic carbocycles. The van der Waals surface area contributed by atoms with Gasteiger partial charge in [-0.05, 0) is 50.3 Å². The minimum absolute atomic E-state index is 0.645. The van der Waals surface area contributed by atoms with Crippen molar-refractivity contribution in [1.29, 1.82) is 0 Å². The van der Waals surface area contributed by atoms with Crippen LogP contribution in [0.25, 0.3) is 0 Å². The molecule has 19 heavy (non-hydrogen) atoms. The van der Waals surface area contributed by atoms with E-state index in [0.717, 1.165) is 12.5 Å². The van der Waals surface area contributed by atoms with Gasteiger partial charge in [0, 0.05) is 16.7 Å². The number of thioether (sulfide) groups is 1. The zero-order valence-electron chi connectivity index (χ0n) is 12.9. The van der Waals surface area contributed by atoms with Crippen molar-refractivity contribution < 1.29 is 0 Å². The predicted octanol–water partition coefficient (Wildman–Crippen LogP) is 4.89. The third-order valence-corrected chi connectivity index (χ3v) is 4.65. The molecule has 0 aromatic heterocycles. The lowest BCUT2D eigenvalue weighted by atomic mass is 10.0. The summed E-state index contributed by atoms with van der Waals surface area (Å²) in [5, 5.41) is 3.69. The van der Waals surface area contributed by atoms with Crippen LogP contribution in [-0.4, -0.2) is 18.3 Å². The van der Waals surface area contributed by atoms with Crippen LogP contribution in [0, 0.1) is 12.8 Å². The summed E-state index contributed by atoms with van der Waals surface area (Å²) in [6.45, 7) is 10.2. The lowest BCUT2D eigenvalue weighted by Gasteiger charge is -2.19. The Balaban J connectivity index is 2.45. The lowest BCUT2D eigenvalue weighted by molar-refractivity contribution is 0.456. The molecule has 0 saturated heterocycles. The molecular weight excluding hydrogens is 250 g/mol. The molecule has 1 rings (SSSR count). The van der Waals surface area contributed by atoms with Gasteiger partial charge in [-0.2, -0.15) is 0 Å². The average molecular weight is 279 g/mol. The Morgan fingerprint density at radius 1 is 1.16 bits per heavy atom. The van der Waals surface area contributed by atoms with Gasteiger partial charge in [0.15, 0.2) is 0 Å².